The zero-order valence-electron chi connectivity index (χ0n) is 11.7. The first-order valence-corrected chi connectivity index (χ1v) is 6.44. The van der Waals surface area contributed by atoms with Gasteiger partial charge < -0.3 is 10.1 Å². The van der Waals surface area contributed by atoms with Gasteiger partial charge in [-0.05, 0) is 37.3 Å². The molecule has 0 saturated heterocycles. The summed E-state index contributed by atoms with van der Waals surface area (Å²) in [5.74, 6) is -3.35. The van der Waals surface area contributed by atoms with Crippen LogP contribution in [0.5, 0.6) is 0 Å². The van der Waals surface area contributed by atoms with Gasteiger partial charge in [-0.25, -0.2) is 13.6 Å². The largest absolute Gasteiger partial charge is 0.452 e. The number of halogens is 2. The van der Waals surface area contributed by atoms with Crippen LogP contribution in [-0.4, -0.2) is 18.5 Å². The SMILES string of the molecule is Cc1ccc(NC(=O)COC(=O)c2cc(F)ccc2F)cc1. The first kappa shape index (κ1) is 15.6. The van der Waals surface area contributed by atoms with E-state index in [9.17, 15) is 18.4 Å². The molecule has 4 nitrogen and oxygen atoms in total. The van der Waals surface area contributed by atoms with E-state index in [4.69, 9.17) is 0 Å². The van der Waals surface area contributed by atoms with Crippen LogP contribution in [0.1, 0.15) is 15.9 Å². The Kier molecular flexibility index (Phi) is 4.83. The Balaban J connectivity index is 1.91. The highest BCUT2D eigenvalue weighted by atomic mass is 19.1. The third-order valence-electron chi connectivity index (χ3n) is 2.82. The van der Waals surface area contributed by atoms with E-state index in [2.05, 4.69) is 10.1 Å². The minimum atomic E-state index is -1.10. The molecule has 6 heteroatoms. The lowest BCUT2D eigenvalue weighted by atomic mass is 10.2. The van der Waals surface area contributed by atoms with Crippen molar-refractivity contribution in [2.24, 2.45) is 0 Å². The van der Waals surface area contributed by atoms with E-state index in [0.717, 1.165) is 23.8 Å². The van der Waals surface area contributed by atoms with Gasteiger partial charge in [-0.3, -0.25) is 4.79 Å². The molecule has 1 amide bonds. The summed E-state index contributed by atoms with van der Waals surface area (Å²) in [7, 11) is 0. The number of hydrogen-bond acceptors (Lipinski definition) is 3. The highest BCUT2D eigenvalue weighted by molar-refractivity contribution is 5.95. The van der Waals surface area contributed by atoms with Crippen LogP contribution in [0.2, 0.25) is 0 Å². The molecule has 0 aromatic heterocycles. The molecule has 1 N–H and O–H groups in total. The van der Waals surface area contributed by atoms with E-state index in [1.54, 1.807) is 12.1 Å². The van der Waals surface area contributed by atoms with Crippen molar-refractivity contribution in [3.8, 4) is 0 Å². The number of rotatable bonds is 4. The third kappa shape index (κ3) is 4.12. The number of benzene rings is 2. The maximum atomic E-state index is 13.4. The number of esters is 1. The Morgan fingerprint density at radius 1 is 1.09 bits per heavy atom. The van der Waals surface area contributed by atoms with Gasteiger partial charge in [0.25, 0.3) is 5.91 Å². The fraction of sp³-hybridized carbons (Fsp3) is 0.125. The predicted molar refractivity (Wildman–Crippen MR) is 76.4 cm³/mol. The highest BCUT2D eigenvalue weighted by Gasteiger charge is 2.15. The lowest BCUT2D eigenvalue weighted by Gasteiger charge is -2.07. The standard InChI is InChI=1S/C16H13F2NO3/c1-10-2-5-12(6-3-10)19-15(20)9-22-16(21)13-8-11(17)4-7-14(13)18/h2-8H,9H2,1H3,(H,19,20). The maximum Gasteiger partial charge on any atom is 0.341 e. The maximum absolute atomic E-state index is 13.4. The van der Waals surface area contributed by atoms with Crippen molar-refractivity contribution in [2.45, 2.75) is 6.92 Å². The molecule has 0 fully saturated rings. The third-order valence-corrected chi connectivity index (χ3v) is 2.82. The summed E-state index contributed by atoms with van der Waals surface area (Å²) in [4.78, 5) is 23.2. The minimum Gasteiger partial charge on any atom is -0.452 e. The Morgan fingerprint density at radius 2 is 1.77 bits per heavy atom. The number of ether oxygens (including phenoxy) is 1. The molecule has 0 unspecified atom stereocenters. The minimum absolute atomic E-state index is 0.545. The smallest absolute Gasteiger partial charge is 0.341 e. The van der Waals surface area contributed by atoms with Crippen LogP contribution in [0.3, 0.4) is 0 Å². The number of anilines is 1. The Hall–Kier alpha value is -2.76. The highest BCUT2D eigenvalue weighted by Crippen LogP contribution is 2.11. The molecule has 0 radical (unpaired) electrons. The summed E-state index contributed by atoms with van der Waals surface area (Å²) < 4.78 is 31.0. The molecule has 0 saturated carbocycles. The normalized spacial score (nSPS) is 10.1. The average molecular weight is 305 g/mol. The van der Waals surface area contributed by atoms with E-state index < -0.39 is 35.7 Å². The van der Waals surface area contributed by atoms with Crippen LogP contribution in [-0.2, 0) is 9.53 Å². The molecule has 22 heavy (non-hydrogen) atoms. The summed E-state index contributed by atoms with van der Waals surface area (Å²) in [6.45, 7) is 1.31. The zero-order valence-corrected chi connectivity index (χ0v) is 11.7. The van der Waals surface area contributed by atoms with Crippen LogP contribution in [0, 0.1) is 18.6 Å². The molecule has 0 aliphatic heterocycles. The number of amides is 1. The molecule has 114 valence electrons. The molecule has 0 bridgehead atoms. The van der Waals surface area contributed by atoms with E-state index in [-0.39, 0.29) is 0 Å². The number of hydrogen-bond donors (Lipinski definition) is 1. The van der Waals surface area contributed by atoms with Crippen LogP contribution < -0.4 is 5.32 Å². The lowest BCUT2D eigenvalue weighted by molar-refractivity contribution is -0.119. The van der Waals surface area contributed by atoms with Crippen LogP contribution in [0.4, 0.5) is 14.5 Å². The predicted octanol–water partition coefficient (Wildman–Crippen LogP) is 3.07. The first-order chi connectivity index (χ1) is 10.5. The number of carbonyl (C=O) groups is 2. The topological polar surface area (TPSA) is 55.4 Å². The summed E-state index contributed by atoms with van der Waals surface area (Å²) in [5.41, 5.74) is 1.03. The monoisotopic (exact) mass is 305 g/mol. The number of carbonyl (C=O) groups excluding carboxylic acids is 2. The quantitative estimate of drug-likeness (QED) is 0.883. The Labute approximate surface area is 125 Å². The van der Waals surface area contributed by atoms with Gasteiger partial charge in [-0.2, -0.15) is 0 Å². The van der Waals surface area contributed by atoms with E-state index >= 15 is 0 Å². The fourth-order valence-electron chi connectivity index (χ4n) is 1.70. The molecule has 0 aliphatic rings. The fourth-order valence-corrected chi connectivity index (χ4v) is 1.70. The summed E-state index contributed by atoms with van der Waals surface area (Å²) in [5, 5.41) is 2.52. The van der Waals surface area contributed by atoms with Gasteiger partial charge >= 0.3 is 5.97 Å². The van der Waals surface area contributed by atoms with Crippen LogP contribution in [0.25, 0.3) is 0 Å². The molecule has 2 aromatic rings. The molecule has 0 spiro atoms. The van der Waals surface area contributed by atoms with Gasteiger partial charge in [0.05, 0.1) is 5.56 Å². The van der Waals surface area contributed by atoms with Gasteiger partial charge in [0.15, 0.2) is 6.61 Å². The van der Waals surface area contributed by atoms with Gasteiger partial charge in [0.1, 0.15) is 11.6 Å². The summed E-state index contributed by atoms with van der Waals surface area (Å²) in [6, 6.07) is 9.43. The van der Waals surface area contributed by atoms with Gasteiger partial charge in [0, 0.05) is 5.69 Å². The first-order valence-electron chi connectivity index (χ1n) is 6.44. The Bertz CT molecular complexity index is 699. The molecule has 2 aromatic carbocycles. The molecule has 0 heterocycles. The van der Waals surface area contributed by atoms with Gasteiger partial charge in [-0.15, -0.1) is 0 Å². The second-order valence-electron chi connectivity index (χ2n) is 4.61. The van der Waals surface area contributed by atoms with E-state index in [1.807, 2.05) is 19.1 Å². The van der Waals surface area contributed by atoms with Crippen molar-refractivity contribution in [1.29, 1.82) is 0 Å². The summed E-state index contributed by atoms with van der Waals surface area (Å²) in [6.07, 6.45) is 0. The molecule has 0 atom stereocenters. The van der Waals surface area contributed by atoms with Crippen molar-refractivity contribution < 1.29 is 23.1 Å². The molecule has 2 rings (SSSR count). The zero-order chi connectivity index (χ0) is 16.1. The van der Waals surface area contributed by atoms with Crippen LogP contribution in [0.15, 0.2) is 42.5 Å². The number of nitrogens with one attached hydrogen (secondary N) is 1. The van der Waals surface area contributed by atoms with E-state index in [1.165, 1.54) is 0 Å². The van der Waals surface area contributed by atoms with Crippen molar-refractivity contribution in [3.05, 3.63) is 65.2 Å². The van der Waals surface area contributed by atoms with Crippen molar-refractivity contribution >= 4 is 17.6 Å². The molecular formula is C16H13F2NO3. The van der Waals surface area contributed by atoms with Gasteiger partial charge in [0.2, 0.25) is 0 Å². The van der Waals surface area contributed by atoms with Crippen molar-refractivity contribution in [3.63, 3.8) is 0 Å². The van der Waals surface area contributed by atoms with E-state index in [0.29, 0.717) is 5.69 Å². The molecular weight excluding hydrogens is 292 g/mol. The average Bonchev–Trinajstić information content (AvgIpc) is 2.49. The lowest BCUT2D eigenvalue weighted by Crippen LogP contribution is -2.21. The second kappa shape index (κ2) is 6.80. The molecule has 0 aliphatic carbocycles. The summed E-state index contributed by atoms with van der Waals surface area (Å²) >= 11 is 0. The van der Waals surface area contributed by atoms with Gasteiger partial charge in [-0.1, -0.05) is 17.7 Å². The Morgan fingerprint density at radius 3 is 2.45 bits per heavy atom. The number of aryl methyl sites for hydroxylation is 1. The van der Waals surface area contributed by atoms with Crippen molar-refractivity contribution in [2.75, 3.05) is 11.9 Å². The van der Waals surface area contributed by atoms with Crippen molar-refractivity contribution in [1.82, 2.24) is 0 Å². The second-order valence-corrected chi connectivity index (χ2v) is 4.61. The van der Waals surface area contributed by atoms with Crippen LogP contribution >= 0.6 is 0 Å².